The van der Waals surface area contributed by atoms with E-state index in [9.17, 15) is 18.0 Å². The third-order valence-corrected chi connectivity index (χ3v) is 8.11. The number of aliphatic imine (C=N–C) groups is 1. The normalized spacial score (nSPS) is 20.6. The molecule has 2 unspecified atom stereocenters. The van der Waals surface area contributed by atoms with Gasteiger partial charge in [0, 0.05) is 64.6 Å². The molecule has 2 atom stereocenters. The first-order valence-corrected chi connectivity index (χ1v) is 14.1. The molecule has 216 valence electrons. The Labute approximate surface area is 246 Å². The standard InChI is InChI=1S/C31H28ClF3N6O/c32-20-7-10-23-25(15-20)28(24-3-1-2-4-26(24)31(33,34)35)37-16-19-17-38-30(40-27(19)23)39-22-8-5-18(6-9-22)29(42)41-13-11-21(36)12-14-41/h1-10,15,17,21,23,25H,11-14,16,36H2,(H,38,39,40). The summed E-state index contributed by atoms with van der Waals surface area (Å²) in [4.78, 5) is 28.6. The topological polar surface area (TPSA) is 96.5 Å². The fraction of sp³-hybridized carbons (Fsp3) is 0.290. The van der Waals surface area contributed by atoms with E-state index in [1.165, 1.54) is 12.1 Å². The average Bonchev–Trinajstić information content (AvgIpc) is 3.13. The van der Waals surface area contributed by atoms with Crippen molar-refractivity contribution in [2.75, 3.05) is 18.4 Å². The van der Waals surface area contributed by atoms with Gasteiger partial charge in [0.25, 0.3) is 5.91 Å². The third kappa shape index (κ3) is 5.69. The minimum Gasteiger partial charge on any atom is -0.339 e. The maximum Gasteiger partial charge on any atom is 0.417 e. The summed E-state index contributed by atoms with van der Waals surface area (Å²) in [6.07, 6.45) is 4.01. The molecule has 0 radical (unpaired) electrons. The number of anilines is 2. The van der Waals surface area contributed by atoms with Crippen molar-refractivity contribution in [3.63, 3.8) is 0 Å². The Bertz CT molecular complexity index is 1590. The lowest BCUT2D eigenvalue weighted by Gasteiger charge is -2.30. The number of carbonyl (C=O) groups is 1. The largest absolute Gasteiger partial charge is 0.417 e. The lowest BCUT2D eigenvalue weighted by Crippen LogP contribution is -2.42. The molecular weight excluding hydrogens is 565 g/mol. The highest BCUT2D eigenvalue weighted by Gasteiger charge is 2.39. The molecule has 11 heteroatoms. The summed E-state index contributed by atoms with van der Waals surface area (Å²) in [7, 11) is 0. The zero-order chi connectivity index (χ0) is 29.4. The van der Waals surface area contributed by atoms with Crippen molar-refractivity contribution in [1.82, 2.24) is 14.9 Å². The van der Waals surface area contributed by atoms with Crippen LogP contribution in [0.4, 0.5) is 24.8 Å². The number of aromatic nitrogens is 2. The van der Waals surface area contributed by atoms with Gasteiger partial charge in [-0.25, -0.2) is 9.97 Å². The van der Waals surface area contributed by atoms with Crippen molar-refractivity contribution in [2.24, 2.45) is 16.6 Å². The van der Waals surface area contributed by atoms with Gasteiger partial charge in [-0.2, -0.15) is 13.2 Å². The molecule has 1 aromatic heterocycles. The average molecular weight is 593 g/mol. The molecule has 0 bridgehead atoms. The van der Waals surface area contributed by atoms with Gasteiger partial charge in [0.15, 0.2) is 0 Å². The first kappa shape index (κ1) is 28.1. The van der Waals surface area contributed by atoms with E-state index in [0.717, 1.165) is 18.9 Å². The molecule has 6 rings (SSSR count). The zero-order valence-corrected chi connectivity index (χ0v) is 23.2. The first-order chi connectivity index (χ1) is 20.2. The molecule has 2 aromatic carbocycles. The van der Waals surface area contributed by atoms with Crippen LogP contribution in [-0.4, -0.2) is 45.6 Å². The monoisotopic (exact) mass is 592 g/mol. The molecule has 3 aliphatic rings. The number of nitrogens with zero attached hydrogens (tertiary/aromatic N) is 4. The maximum atomic E-state index is 13.9. The van der Waals surface area contributed by atoms with E-state index in [-0.39, 0.29) is 24.1 Å². The number of piperidine rings is 1. The third-order valence-electron chi connectivity index (χ3n) is 7.86. The number of hydrogen-bond donors (Lipinski definition) is 2. The van der Waals surface area contributed by atoms with Gasteiger partial charge in [0.05, 0.1) is 23.5 Å². The predicted octanol–water partition coefficient (Wildman–Crippen LogP) is 6.20. The Kier molecular flexibility index (Phi) is 7.59. The van der Waals surface area contributed by atoms with Gasteiger partial charge in [-0.3, -0.25) is 9.79 Å². The van der Waals surface area contributed by atoms with Crippen molar-refractivity contribution in [3.05, 3.63) is 106 Å². The van der Waals surface area contributed by atoms with Gasteiger partial charge in [0.2, 0.25) is 5.95 Å². The molecule has 1 aliphatic carbocycles. The smallest absolute Gasteiger partial charge is 0.339 e. The zero-order valence-electron chi connectivity index (χ0n) is 22.5. The number of rotatable bonds is 4. The fourth-order valence-electron chi connectivity index (χ4n) is 5.65. The molecule has 1 amide bonds. The van der Waals surface area contributed by atoms with E-state index in [1.54, 1.807) is 48.7 Å². The van der Waals surface area contributed by atoms with Gasteiger partial charge >= 0.3 is 6.18 Å². The van der Waals surface area contributed by atoms with Crippen molar-refractivity contribution in [1.29, 1.82) is 0 Å². The number of likely N-dealkylation sites (tertiary alicyclic amines) is 1. The van der Waals surface area contributed by atoms with Crippen LogP contribution in [0.3, 0.4) is 0 Å². The second-order valence-electron chi connectivity index (χ2n) is 10.6. The van der Waals surface area contributed by atoms with E-state index in [2.05, 4.69) is 15.3 Å². The van der Waals surface area contributed by atoms with Crippen LogP contribution in [0.25, 0.3) is 0 Å². The molecule has 7 nitrogen and oxygen atoms in total. The van der Waals surface area contributed by atoms with Crippen molar-refractivity contribution >= 4 is 34.9 Å². The van der Waals surface area contributed by atoms with Crippen molar-refractivity contribution < 1.29 is 18.0 Å². The summed E-state index contributed by atoms with van der Waals surface area (Å²) < 4.78 is 41.8. The van der Waals surface area contributed by atoms with E-state index < -0.39 is 23.6 Å². The second kappa shape index (κ2) is 11.3. The predicted molar refractivity (Wildman–Crippen MR) is 156 cm³/mol. The molecule has 3 aromatic rings. The van der Waals surface area contributed by atoms with Crippen LogP contribution in [0.1, 0.15) is 51.5 Å². The molecule has 1 fully saturated rings. The summed E-state index contributed by atoms with van der Waals surface area (Å²) in [5, 5.41) is 3.61. The van der Waals surface area contributed by atoms with Gasteiger partial charge in [0.1, 0.15) is 0 Å². The van der Waals surface area contributed by atoms with Gasteiger partial charge < -0.3 is 16.0 Å². The minimum absolute atomic E-state index is 0.0252. The second-order valence-corrected chi connectivity index (χ2v) is 11.1. The van der Waals surface area contributed by atoms with Gasteiger partial charge in [-0.05, 0) is 49.2 Å². The highest BCUT2D eigenvalue weighted by Crippen LogP contribution is 2.41. The minimum atomic E-state index is -4.54. The van der Waals surface area contributed by atoms with Crippen LogP contribution in [0.15, 0.2) is 83.0 Å². The number of allylic oxidation sites excluding steroid dienone is 4. The van der Waals surface area contributed by atoms with Crippen LogP contribution in [0.5, 0.6) is 0 Å². The van der Waals surface area contributed by atoms with Crippen LogP contribution in [-0.2, 0) is 12.7 Å². The summed E-state index contributed by atoms with van der Waals surface area (Å²) in [6.45, 7) is 1.42. The van der Waals surface area contributed by atoms with E-state index in [4.69, 9.17) is 22.3 Å². The highest BCUT2D eigenvalue weighted by atomic mass is 35.5. The lowest BCUT2D eigenvalue weighted by molar-refractivity contribution is -0.137. The van der Waals surface area contributed by atoms with Gasteiger partial charge in [-0.15, -0.1) is 0 Å². The summed E-state index contributed by atoms with van der Waals surface area (Å²) >= 11 is 6.35. The van der Waals surface area contributed by atoms with Crippen LogP contribution in [0.2, 0.25) is 0 Å². The maximum absolute atomic E-state index is 13.9. The lowest BCUT2D eigenvalue weighted by atomic mass is 9.79. The van der Waals surface area contributed by atoms with Crippen molar-refractivity contribution in [2.45, 2.75) is 37.5 Å². The Morgan fingerprint density at radius 1 is 1.05 bits per heavy atom. The van der Waals surface area contributed by atoms with E-state index in [1.807, 2.05) is 11.0 Å². The number of alkyl halides is 3. The molecule has 2 aliphatic heterocycles. The Morgan fingerprint density at radius 3 is 2.52 bits per heavy atom. The number of nitrogens with two attached hydrogens (primary N) is 1. The number of hydrogen-bond acceptors (Lipinski definition) is 6. The first-order valence-electron chi connectivity index (χ1n) is 13.7. The molecule has 42 heavy (non-hydrogen) atoms. The Balaban J connectivity index is 1.26. The number of nitrogens with one attached hydrogen (secondary N) is 1. The fourth-order valence-corrected chi connectivity index (χ4v) is 5.86. The number of fused-ring (bicyclic) bond motifs is 3. The van der Waals surface area contributed by atoms with Crippen LogP contribution >= 0.6 is 11.6 Å². The van der Waals surface area contributed by atoms with Crippen molar-refractivity contribution in [3.8, 4) is 0 Å². The van der Waals surface area contributed by atoms with Crippen LogP contribution in [0, 0.1) is 5.92 Å². The van der Waals surface area contributed by atoms with Crippen LogP contribution < -0.4 is 11.1 Å². The number of benzene rings is 2. The number of carbonyl (C=O) groups excluding carboxylic acids is 1. The molecule has 3 heterocycles. The molecule has 1 saturated heterocycles. The van der Waals surface area contributed by atoms with Gasteiger partial charge in [-0.1, -0.05) is 42.0 Å². The summed E-state index contributed by atoms with van der Waals surface area (Å²) in [5.41, 5.74) is 8.20. The molecule has 0 saturated carbocycles. The quantitative estimate of drug-likeness (QED) is 0.376. The number of halogens is 4. The highest BCUT2D eigenvalue weighted by molar-refractivity contribution is 6.31. The summed E-state index contributed by atoms with van der Waals surface area (Å²) in [5.74, 6) is -0.653. The molecular formula is C31H28ClF3N6O. The molecule has 0 spiro atoms. The Morgan fingerprint density at radius 2 is 1.79 bits per heavy atom. The Hall–Kier alpha value is -4.02. The summed E-state index contributed by atoms with van der Waals surface area (Å²) in [6, 6.07) is 12.7. The van der Waals surface area contributed by atoms with E-state index in [0.29, 0.717) is 52.3 Å². The van der Waals surface area contributed by atoms with E-state index >= 15 is 0 Å². The number of amides is 1. The SMILES string of the molecule is NC1CCN(C(=O)c2ccc(Nc3ncc4c(n3)C3C=CC(Cl)=CC3C(c3ccccc3C(F)(F)F)=NC4)cc2)CC1. The molecule has 3 N–H and O–H groups in total.